The summed E-state index contributed by atoms with van der Waals surface area (Å²) in [5.41, 5.74) is 0. The fourth-order valence-electron chi connectivity index (χ4n) is 0.393. The average molecular weight is 153 g/mol. The summed E-state index contributed by atoms with van der Waals surface area (Å²) in [5.74, 6) is 0. The highest BCUT2D eigenvalue weighted by Gasteiger charge is 1.58. The number of hydrogen-bond donors (Lipinski definition) is 1. The molecule has 0 saturated heterocycles. The van der Waals surface area contributed by atoms with Crippen LogP contribution >= 0.6 is 11.3 Å². The van der Waals surface area contributed by atoms with Crippen molar-refractivity contribution in [1.29, 1.82) is 0 Å². The standard InChI is InChI=1S/C4H4S.C2H3N3/c1-2-4-5-3-1;1-3-2-5-4-1/h1-4H;1-2H,(H,3,4,5). The Hall–Kier alpha value is -1.16. The number of aromatic amines is 1. The second-order valence-electron chi connectivity index (χ2n) is 1.44. The van der Waals surface area contributed by atoms with Crippen LogP contribution in [-0.2, 0) is 0 Å². The quantitative estimate of drug-likeness (QED) is 0.624. The van der Waals surface area contributed by atoms with Crippen molar-refractivity contribution in [2.75, 3.05) is 0 Å². The van der Waals surface area contributed by atoms with Gasteiger partial charge in [0.05, 0.1) is 0 Å². The van der Waals surface area contributed by atoms with Crippen molar-refractivity contribution in [2.24, 2.45) is 0 Å². The summed E-state index contributed by atoms with van der Waals surface area (Å²) in [5, 5.41) is 10.1. The fraction of sp³-hybridized carbons (Fsp3) is 0. The van der Waals surface area contributed by atoms with Crippen molar-refractivity contribution < 1.29 is 0 Å². The SMILES string of the molecule is c1ccsc1.c1nc[nH]n1. The fourth-order valence-corrected chi connectivity index (χ4v) is 0.847. The first-order valence-electron chi connectivity index (χ1n) is 2.76. The molecular formula is C6H7N3S. The number of rotatable bonds is 0. The van der Waals surface area contributed by atoms with Crippen LogP contribution < -0.4 is 0 Å². The Bertz CT molecular complexity index is 152. The first-order chi connectivity index (χ1) is 5.00. The smallest absolute Gasteiger partial charge is 0.137 e. The molecule has 0 atom stereocenters. The number of nitrogens with zero attached hydrogens (tertiary/aromatic N) is 2. The van der Waals surface area contributed by atoms with E-state index < -0.39 is 0 Å². The molecule has 0 amide bonds. The lowest BCUT2D eigenvalue weighted by Crippen LogP contribution is -1.53. The molecule has 0 radical (unpaired) electrons. The zero-order chi connectivity index (χ0) is 7.07. The Morgan fingerprint density at radius 2 is 2.00 bits per heavy atom. The number of thiophene rings is 1. The third kappa shape index (κ3) is 2.99. The molecule has 0 aliphatic carbocycles. The molecule has 0 aliphatic heterocycles. The lowest BCUT2D eigenvalue weighted by Gasteiger charge is -1.46. The maximum atomic E-state index is 3.56. The second-order valence-corrected chi connectivity index (χ2v) is 2.26. The van der Waals surface area contributed by atoms with Crippen molar-refractivity contribution in [3.8, 4) is 0 Å². The van der Waals surface area contributed by atoms with Gasteiger partial charge in [-0.3, -0.25) is 5.10 Å². The molecule has 4 heteroatoms. The van der Waals surface area contributed by atoms with Crippen LogP contribution in [0.1, 0.15) is 0 Å². The predicted molar refractivity (Wildman–Crippen MR) is 40.7 cm³/mol. The van der Waals surface area contributed by atoms with Crippen molar-refractivity contribution in [2.45, 2.75) is 0 Å². The molecule has 2 aromatic heterocycles. The van der Waals surface area contributed by atoms with Gasteiger partial charge in [0.15, 0.2) is 0 Å². The summed E-state index contributed by atoms with van der Waals surface area (Å²) in [6.45, 7) is 0. The van der Waals surface area contributed by atoms with Crippen LogP contribution in [0.5, 0.6) is 0 Å². The van der Waals surface area contributed by atoms with E-state index in [0.29, 0.717) is 0 Å². The van der Waals surface area contributed by atoms with Crippen LogP contribution in [0.2, 0.25) is 0 Å². The summed E-state index contributed by atoms with van der Waals surface area (Å²) in [6, 6.07) is 4.04. The first-order valence-corrected chi connectivity index (χ1v) is 3.70. The molecule has 1 N–H and O–H groups in total. The highest BCUT2D eigenvalue weighted by atomic mass is 32.1. The molecule has 0 fully saturated rings. The maximum absolute atomic E-state index is 3.56. The zero-order valence-corrected chi connectivity index (χ0v) is 6.08. The summed E-state index contributed by atoms with van der Waals surface area (Å²) < 4.78 is 0. The van der Waals surface area contributed by atoms with Gasteiger partial charge in [-0.05, 0) is 10.8 Å². The molecular weight excluding hydrogens is 146 g/mol. The Morgan fingerprint density at radius 1 is 1.20 bits per heavy atom. The van der Waals surface area contributed by atoms with Crippen LogP contribution in [0.3, 0.4) is 0 Å². The van der Waals surface area contributed by atoms with E-state index in [1.165, 1.54) is 12.7 Å². The molecule has 0 bridgehead atoms. The highest BCUT2D eigenvalue weighted by molar-refractivity contribution is 7.07. The minimum Gasteiger partial charge on any atom is -0.266 e. The maximum Gasteiger partial charge on any atom is 0.137 e. The van der Waals surface area contributed by atoms with Gasteiger partial charge in [-0.1, -0.05) is 12.1 Å². The third-order valence-corrected chi connectivity index (χ3v) is 1.39. The Labute approximate surface area is 62.8 Å². The van der Waals surface area contributed by atoms with Crippen LogP contribution in [0.15, 0.2) is 35.5 Å². The van der Waals surface area contributed by atoms with Gasteiger partial charge in [0.2, 0.25) is 0 Å². The molecule has 0 unspecified atom stereocenters. The third-order valence-electron chi connectivity index (χ3n) is 0.757. The van der Waals surface area contributed by atoms with Gasteiger partial charge in [-0.15, -0.1) is 0 Å². The van der Waals surface area contributed by atoms with Gasteiger partial charge < -0.3 is 0 Å². The predicted octanol–water partition coefficient (Wildman–Crippen LogP) is 1.55. The summed E-state index contributed by atoms with van der Waals surface area (Å²) in [7, 11) is 0. The van der Waals surface area contributed by atoms with Crippen LogP contribution in [0.25, 0.3) is 0 Å². The van der Waals surface area contributed by atoms with Crippen LogP contribution in [0.4, 0.5) is 0 Å². The second kappa shape index (κ2) is 4.69. The van der Waals surface area contributed by atoms with Crippen molar-refractivity contribution in [3.63, 3.8) is 0 Å². The number of nitrogens with one attached hydrogen (secondary N) is 1. The van der Waals surface area contributed by atoms with E-state index in [1.54, 1.807) is 11.3 Å². The van der Waals surface area contributed by atoms with Crippen LogP contribution in [0, 0.1) is 0 Å². The molecule has 2 aromatic rings. The molecule has 3 nitrogen and oxygen atoms in total. The zero-order valence-electron chi connectivity index (χ0n) is 5.27. The summed E-state index contributed by atoms with van der Waals surface area (Å²) in [6.07, 6.45) is 2.96. The van der Waals surface area contributed by atoms with E-state index in [0.717, 1.165) is 0 Å². The van der Waals surface area contributed by atoms with Gasteiger partial charge in [0, 0.05) is 0 Å². The van der Waals surface area contributed by atoms with E-state index >= 15 is 0 Å². The Kier molecular flexibility index (Phi) is 3.26. The molecule has 2 heterocycles. The molecule has 2 rings (SSSR count). The first kappa shape index (κ1) is 6.95. The van der Waals surface area contributed by atoms with Crippen molar-refractivity contribution >= 4 is 11.3 Å². The molecule has 10 heavy (non-hydrogen) atoms. The minimum absolute atomic E-state index is 1.44. The van der Waals surface area contributed by atoms with Crippen molar-refractivity contribution in [1.82, 2.24) is 15.2 Å². The molecule has 52 valence electrons. The molecule has 0 aromatic carbocycles. The highest BCUT2D eigenvalue weighted by Crippen LogP contribution is 1.91. The van der Waals surface area contributed by atoms with E-state index in [-0.39, 0.29) is 0 Å². The monoisotopic (exact) mass is 153 g/mol. The number of aromatic nitrogens is 3. The van der Waals surface area contributed by atoms with Crippen LogP contribution in [-0.4, -0.2) is 15.2 Å². The van der Waals surface area contributed by atoms with Gasteiger partial charge >= 0.3 is 0 Å². The topological polar surface area (TPSA) is 41.6 Å². The van der Waals surface area contributed by atoms with E-state index in [9.17, 15) is 0 Å². The molecule has 0 saturated carbocycles. The summed E-state index contributed by atoms with van der Waals surface area (Å²) >= 11 is 1.71. The van der Waals surface area contributed by atoms with Gasteiger partial charge in [-0.25, -0.2) is 4.98 Å². The Morgan fingerprint density at radius 3 is 2.20 bits per heavy atom. The Balaban J connectivity index is 0.0000001000. The van der Waals surface area contributed by atoms with E-state index in [2.05, 4.69) is 15.2 Å². The summed E-state index contributed by atoms with van der Waals surface area (Å²) in [4.78, 5) is 3.56. The molecule has 0 spiro atoms. The normalized spacial score (nSPS) is 8.00. The lowest BCUT2D eigenvalue weighted by molar-refractivity contribution is 1.09. The largest absolute Gasteiger partial charge is 0.266 e. The van der Waals surface area contributed by atoms with Gasteiger partial charge in [-0.2, -0.15) is 16.4 Å². The molecule has 0 aliphatic rings. The van der Waals surface area contributed by atoms with E-state index in [1.807, 2.05) is 22.9 Å². The van der Waals surface area contributed by atoms with Gasteiger partial charge in [0.1, 0.15) is 12.7 Å². The van der Waals surface area contributed by atoms with Crippen molar-refractivity contribution in [3.05, 3.63) is 35.5 Å². The van der Waals surface area contributed by atoms with Gasteiger partial charge in [0.25, 0.3) is 0 Å². The minimum atomic E-state index is 1.44. The lowest BCUT2D eigenvalue weighted by atomic mass is 10.7. The number of H-pyrrole nitrogens is 1. The number of hydrogen-bond acceptors (Lipinski definition) is 3. The van der Waals surface area contributed by atoms with E-state index in [4.69, 9.17) is 0 Å². The average Bonchev–Trinajstić information content (AvgIpc) is 2.67.